The van der Waals surface area contributed by atoms with E-state index in [-0.39, 0.29) is 6.03 Å². The molecule has 0 radical (unpaired) electrons. The minimum atomic E-state index is -0.0428. The Morgan fingerprint density at radius 1 is 1.07 bits per heavy atom. The van der Waals surface area contributed by atoms with Gasteiger partial charge in [0.15, 0.2) is 0 Å². The quantitative estimate of drug-likeness (QED) is 0.735. The molecule has 15 heavy (non-hydrogen) atoms. The summed E-state index contributed by atoms with van der Waals surface area (Å²) >= 11 is 0. The average molecular weight is 208 g/mol. The van der Waals surface area contributed by atoms with Crippen molar-refractivity contribution in [2.75, 3.05) is 0 Å². The van der Waals surface area contributed by atoms with Crippen LogP contribution < -0.4 is 10.6 Å². The maximum Gasteiger partial charge on any atom is 0.318 e. The van der Waals surface area contributed by atoms with E-state index in [2.05, 4.69) is 16.7 Å². The topological polar surface area (TPSA) is 41.1 Å². The average Bonchev–Trinajstić information content (AvgIpc) is 3.03. The summed E-state index contributed by atoms with van der Waals surface area (Å²) in [5.41, 5.74) is 0. The lowest BCUT2D eigenvalue weighted by molar-refractivity contribution is 0.236. The van der Waals surface area contributed by atoms with E-state index in [0.717, 1.165) is 18.8 Å². The lowest BCUT2D eigenvalue weighted by Gasteiger charge is -2.22. The lowest BCUT2D eigenvalue weighted by Crippen LogP contribution is -2.41. The van der Waals surface area contributed by atoms with Crippen molar-refractivity contribution < 1.29 is 4.79 Å². The van der Waals surface area contributed by atoms with Crippen LogP contribution in [-0.2, 0) is 0 Å². The van der Waals surface area contributed by atoms with E-state index < -0.39 is 0 Å². The fraction of sp³-hybridized carbons (Fsp3) is 0.750. The molecule has 0 aromatic rings. The Labute approximate surface area is 91.3 Å². The predicted molar refractivity (Wildman–Crippen MR) is 60.4 cm³/mol. The molecule has 0 bridgehead atoms. The molecule has 0 spiro atoms. The third kappa shape index (κ3) is 3.94. The molecule has 2 saturated carbocycles. The van der Waals surface area contributed by atoms with Crippen LogP contribution >= 0.6 is 0 Å². The van der Waals surface area contributed by atoms with Gasteiger partial charge in [-0.2, -0.15) is 0 Å². The molecule has 0 aromatic carbocycles. The standard InChI is InChI=1S/C12H20N2O/c15-12(13-9-8-10-6-7-10)14-11-4-2-1-3-5-11/h8-11H,1-7H2,(H2,13,14,15)/b9-8+. The number of nitrogens with one attached hydrogen (secondary N) is 2. The lowest BCUT2D eigenvalue weighted by atomic mass is 9.96. The molecule has 2 fully saturated rings. The molecule has 84 valence electrons. The van der Waals surface area contributed by atoms with Crippen LogP contribution in [0.1, 0.15) is 44.9 Å². The second-order valence-electron chi connectivity index (χ2n) is 4.65. The number of urea groups is 1. The molecule has 0 atom stereocenters. The Kier molecular flexibility index (Phi) is 3.64. The highest BCUT2D eigenvalue weighted by molar-refractivity contribution is 5.75. The molecular formula is C12H20N2O. The van der Waals surface area contributed by atoms with Crippen molar-refractivity contribution in [2.24, 2.45) is 5.92 Å². The molecule has 3 heteroatoms. The molecule has 0 saturated heterocycles. The van der Waals surface area contributed by atoms with Gasteiger partial charge in [0.05, 0.1) is 0 Å². The summed E-state index contributed by atoms with van der Waals surface area (Å²) in [6, 6.07) is 0.354. The van der Waals surface area contributed by atoms with Crippen LogP contribution in [0.4, 0.5) is 4.79 Å². The summed E-state index contributed by atoms with van der Waals surface area (Å²) in [6.45, 7) is 0. The van der Waals surface area contributed by atoms with Gasteiger partial charge in [-0.05, 0) is 31.6 Å². The molecular weight excluding hydrogens is 188 g/mol. The monoisotopic (exact) mass is 208 g/mol. The number of hydrogen-bond donors (Lipinski definition) is 2. The van der Waals surface area contributed by atoms with Crippen LogP contribution in [0.15, 0.2) is 12.3 Å². The summed E-state index contributed by atoms with van der Waals surface area (Å²) in [6.07, 6.45) is 12.5. The molecule has 2 aliphatic rings. The van der Waals surface area contributed by atoms with Crippen molar-refractivity contribution in [1.29, 1.82) is 0 Å². The number of hydrogen-bond acceptors (Lipinski definition) is 1. The van der Waals surface area contributed by atoms with E-state index in [9.17, 15) is 4.79 Å². The number of amides is 2. The van der Waals surface area contributed by atoms with E-state index in [4.69, 9.17) is 0 Å². The highest BCUT2D eigenvalue weighted by Gasteiger charge is 2.17. The Hall–Kier alpha value is -0.990. The highest BCUT2D eigenvalue weighted by Crippen LogP contribution is 2.29. The highest BCUT2D eigenvalue weighted by atomic mass is 16.2. The first-order valence-electron chi connectivity index (χ1n) is 6.08. The molecule has 2 rings (SSSR count). The minimum Gasteiger partial charge on any atom is -0.335 e. The zero-order valence-corrected chi connectivity index (χ0v) is 9.17. The molecule has 0 aliphatic heterocycles. The Morgan fingerprint density at radius 2 is 1.80 bits per heavy atom. The molecule has 2 amide bonds. The van der Waals surface area contributed by atoms with E-state index in [0.29, 0.717) is 6.04 Å². The first kappa shape index (κ1) is 10.5. The van der Waals surface area contributed by atoms with E-state index in [1.165, 1.54) is 32.1 Å². The first-order valence-corrected chi connectivity index (χ1v) is 6.08. The zero-order chi connectivity index (χ0) is 10.5. The molecule has 0 unspecified atom stereocenters. The van der Waals surface area contributed by atoms with Crippen molar-refractivity contribution >= 4 is 6.03 Å². The molecule has 2 N–H and O–H groups in total. The largest absolute Gasteiger partial charge is 0.335 e. The fourth-order valence-corrected chi connectivity index (χ4v) is 2.02. The van der Waals surface area contributed by atoms with E-state index >= 15 is 0 Å². The van der Waals surface area contributed by atoms with Gasteiger partial charge in [-0.1, -0.05) is 25.3 Å². The van der Waals surface area contributed by atoms with Crippen LogP contribution in [-0.4, -0.2) is 12.1 Å². The van der Waals surface area contributed by atoms with Crippen LogP contribution in [0.2, 0.25) is 0 Å². The van der Waals surface area contributed by atoms with Gasteiger partial charge in [-0.15, -0.1) is 0 Å². The Bertz CT molecular complexity index is 240. The summed E-state index contributed by atoms with van der Waals surface area (Å²) < 4.78 is 0. The summed E-state index contributed by atoms with van der Waals surface area (Å²) in [4.78, 5) is 11.4. The van der Waals surface area contributed by atoms with Gasteiger partial charge in [0.1, 0.15) is 0 Å². The minimum absolute atomic E-state index is 0.0428. The van der Waals surface area contributed by atoms with Gasteiger partial charge in [0.2, 0.25) is 0 Å². The van der Waals surface area contributed by atoms with Crippen LogP contribution in [0.5, 0.6) is 0 Å². The maximum absolute atomic E-state index is 11.4. The predicted octanol–water partition coefficient (Wildman–Crippen LogP) is 2.54. The molecule has 2 aliphatic carbocycles. The number of carbonyl (C=O) groups excluding carboxylic acids is 1. The third-order valence-electron chi connectivity index (χ3n) is 3.15. The fourth-order valence-electron chi connectivity index (χ4n) is 2.02. The molecule has 3 nitrogen and oxygen atoms in total. The number of rotatable bonds is 3. The zero-order valence-electron chi connectivity index (χ0n) is 9.17. The summed E-state index contributed by atoms with van der Waals surface area (Å²) in [5.74, 6) is 0.722. The smallest absolute Gasteiger partial charge is 0.318 e. The molecule has 0 aromatic heterocycles. The van der Waals surface area contributed by atoms with Gasteiger partial charge >= 0.3 is 6.03 Å². The van der Waals surface area contributed by atoms with Crippen molar-refractivity contribution in [3.8, 4) is 0 Å². The number of allylic oxidation sites excluding steroid dienone is 1. The van der Waals surface area contributed by atoms with E-state index in [1.54, 1.807) is 6.20 Å². The van der Waals surface area contributed by atoms with Crippen molar-refractivity contribution in [2.45, 2.75) is 51.0 Å². The van der Waals surface area contributed by atoms with Crippen molar-refractivity contribution in [3.05, 3.63) is 12.3 Å². The third-order valence-corrected chi connectivity index (χ3v) is 3.15. The summed E-state index contributed by atoms with van der Waals surface area (Å²) in [5, 5.41) is 5.78. The number of carbonyl (C=O) groups is 1. The van der Waals surface area contributed by atoms with Crippen molar-refractivity contribution in [3.63, 3.8) is 0 Å². The van der Waals surface area contributed by atoms with Gasteiger partial charge in [-0.3, -0.25) is 0 Å². The van der Waals surface area contributed by atoms with Gasteiger partial charge in [0, 0.05) is 12.2 Å². The second kappa shape index (κ2) is 5.19. The van der Waals surface area contributed by atoms with Gasteiger partial charge < -0.3 is 10.6 Å². The first-order chi connectivity index (χ1) is 7.34. The summed E-state index contributed by atoms with van der Waals surface area (Å²) in [7, 11) is 0. The van der Waals surface area contributed by atoms with Gasteiger partial charge in [-0.25, -0.2) is 4.79 Å². The molecule has 0 heterocycles. The van der Waals surface area contributed by atoms with Gasteiger partial charge in [0.25, 0.3) is 0 Å². The van der Waals surface area contributed by atoms with Crippen molar-refractivity contribution in [1.82, 2.24) is 10.6 Å². The van der Waals surface area contributed by atoms with Crippen LogP contribution in [0, 0.1) is 5.92 Å². The van der Waals surface area contributed by atoms with Crippen LogP contribution in [0.25, 0.3) is 0 Å². The second-order valence-corrected chi connectivity index (χ2v) is 4.65. The SMILES string of the molecule is O=C(N/C=C/C1CC1)NC1CCCCC1. The van der Waals surface area contributed by atoms with Crippen LogP contribution in [0.3, 0.4) is 0 Å². The normalized spacial score (nSPS) is 22.9. The Balaban J connectivity index is 1.62. The van der Waals surface area contributed by atoms with E-state index in [1.807, 2.05) is 0 Å². The Morgan fingerprint density at radius 3 is 2.47 bits per heavy atom. The maximum atomic E-state index is 11.4.